The molecule has 0 spiro atoms. The SMILES string of the molecule is O=C(C1CC(c2cccc(F)c2)=NO1)N1CCN(c2ccc(Cl)cn2)CC1. The second-order valence-electron chi connectivity index (χ2n) is 6.49. The van der Waals surface area contributed by atoms with E-state index in [1.807, 2.05) is 6.07 Å². The molecule has 2 aliphatic rings. The number of hydrogen-bond acceptors (Lipinski definition) is 5. The van der Waals surface area contributed by atoms with E-state index in [4.69, 9.17) is 16.4 Å². The molecule has 6 nitrogen and oxygen atoms in total. The standard InChI is InChI=1S/C19H18ClFN4O2/c20-14-4-5-18(22-12-14)24-6-8-25(9-7-24)19(26)17-11-16(23-27-17)13-2-1-3-15(21)10-13/h1-5,10,12,17H,6-9,11H2. The molecule has 0 saturated carbocycles. The van der Waals surface area contributed by atoms with Gasteiger partial charge in [-0.05, 0) is 24.3 Å². The van der Waals surface area contributed by atoms with E-state index in [1.54, 1.807) is 29.3 Å². The number of carbonyl (C=O) groups is 1. The summed E-state index contributed by atoms with van der Waals surface area (Å²) < 4.78 is 13.4. The van der Waals surface area contributed by atoms with Crippen LogP contribution in [0.4, 0.5) is 10.2 Å². The van der Waals surface area contributed by atoms with Crippen LogP contribution in [0.2, 0.25) is 5.02 Å². The number of carbonyl (C=O) groups excluding carboxylic acids is 1. The van der Waals surface area contributed by atoms with Gasteiger partial charge in [0.05, 0.1) is 10.7 Å². The van der Waals surface area contributed by atoms with E-state index in [2.05, 4.69) is 15.0 Å². The zero-order valence-corrected chi connectivity index (χ0v) is 15.3. The highest BCUT2D eigenvalue weighted by Gasteiger charge is 2.34. The molecule has 3 heterocycles. The van der Waals surface area contributed by atoms with E-state index in [0.717, 1.165) is 5.82 Å². The molecule has 4 rings (SSSR count). The van der Waals surface area contributed by atoms with Crippen LogP contribution in [0.3, 0.4) is 0 Å². The summed E-state index contributed by atoms with van der Waals surface area (Å²) in [7, 11) is 0. The molecule has 1 aromatic carbocycles. The van der Waals surface area contributed by atoms with Crippen molar-refractivity contribution in [2.75, 3.05) is 31.1 Å². The first-order chi connectivity index (χ1) is 13.1. The van der Waals surface area contributed by atoms with E-state index < -0.39 is 6.10 Å². The van der Waals surface area contributed by atoms with Crippen molar-refractivity contribution in [1.29, 1.82) is 0 Å². The molecule has 27 heavy (non-hydrogen) atoms. The van der Waals surface area contributed by atoms with Crippen LogP contribution in [0, 0.1) is 5.82 Å². The largest absolute Gasteiger partial charge is 0.382 e. The fourth-order valence-corrected chi connectivity index (χ4v) is 3.37. The first kappa shape index (κ1) is 17.7. The average molecular weight is 389 g/mol. The molecule has 0 aliphatic carbocycles. The summed E-state index contributed by atoms with van der Waals surface area (Å²) in [5.74, 6) is 0.422. The second kappa shape index (κ2) is 7.52. The first-order valence-electron chi connectivity index (χ1n) is 8.74. The predicted octanol–water partition coefficient (Wildman–Crippen LogP) is 2.72. The van der Waals surface area contributed by atoms with Crippen molar-refractivity contribution in [3.63, 3.8) is 0 Å². The van der Waals surface area contributed by atoms with Crippen molar-refractivity contribution in [3.8, 4) is 0 Å². The lowest BCUT2D eigenvalue weighted by Gasteiger charge is -2.36. The maximum absolute atomic E-state index is 13.4. The van der Waals surface area contributed by atoms with Crippen LogP contribution >= 0.6 is 11.6 Å². The minimum Gasteiger partial charge on any atom is -0.382 e. The van der Waals surface area contributed by atoms with Crippen molar-refractivity contribution < 1.29 is 14.0 Å². The maximum atomic E-state index is 13.4. The average Bonchev–Trinajstić information content (AvgIpc) is 3.18. The molecule has 1 saturated heterocycles. The third kappa shape index (κ3) is 3.88. The summed E-state index contributed by atoms with van der Waals surface area (Å²) in [5, 5.41) is 4.58. The van der Waals surface area contributed by atoms with Gasteiger partial charge in [0.25, 0.3) is 5.91 Å². The lowest BCUT2D eigenvalue weighted by Crippen LogP contribution is -2.51. The molecule has 1 amide bonds. The third-order valence-corrected chi connectivity index (χ3v) is 4.95. The molecule has 1 aromatic heterocycles. The summed E-state index contributed by atoms with van der Waals surface area (Å²) in [4.78, 5) is 26.3. The number of benzene rings is 1. The number of rotatable bonds is 3. The Kier molecular flexibility index (Phi) is 4.94. The van der Waals surface area contributed by atoms with Crippen LogP contribution in [0.5, 0.6) is 0 Å². The first-order valence-corrected chi connectivity index (χ1v) is 9.12. The second-order valence-corrected chi connectivity index (χ2v) is 6.93. The molecule has 140 valence electrons. The van der Waals surface area contributed by atoms with Crippen molar-refractivity contribution in [2.45, 2.75) is 12.5 Å². The molecule has 1 unspecified atom stereocenters. The molecule has 1 fully saturated rings. The van der Waals surface area contributed by atoms with Gasteiger partial charge in [-0.1, -0.05) is 28.9 Å². The van der Waals surface area contributed by atoms with Crippen LogP contribution in [0.25, 0.3) is 0 Å². The van der Waals surface area contributed by atoms with Gasteiger partial charge in [0.2, 0.25) is 6.10 Å². The number of hydrogen-bond donors (Lipinski definition) is 0. The number of aromatic nitrogens is 1. The van der Waals surface area contributed by atoms with Gasteiger partial charge in [0.15, 0.2) is 0 Å². The van der Waals surface area contributed by atoms with Crippen LogP contribution in [-0.2, 0) is 9.63 Å². The maximum Gasteiger partial charge on any atom is 0.267 e. The Morgan fingerprint density at radius 2 is 2.00 bits per heavy atom. The van der Waals surface area contributed by atoms with Crippen molar-refractivity contribution >= 4 is 29.0 Å². The molecular weight excluding hydrogens is 371 g/mol. The lowest BCUT2D eigenvalue weighted by molar-refractivity contribution is -0.142. The normalized spacial score (nSPS) is 19.6. The lowest BCUT2D eigenvalue weighted by atomic mass is 10.0. The number of anilines is 1. The molecule has 2 aliphatic heterocycles. The van der Waals surface area contributed by atoms with Gasteiger partial charge in [-0.2, -0.15) is 0 Å². The van der Waals surface area contributed by atoms with Gasteiger partial charge in [-0.25, -0.2) is 9.37 Å². The molecular formula is C19H18ClFN4O2. The number of nitrogens with zero attached hydrogens (tertiary/aromatic N) is 4. The van der Waals surface area contributed by atoms with Crippen molar-refractivity contribution in [1.82, 2.24) is 9.88 Å². The molecule has 0 radical (unpaired) electrons. The summed E-state index contributed by atoms with van der Waals surface area (Å²) in [6, 6.07) is 9.82. The Balaban J connectivity index is 1.33. The minimum absolute atomic E-state index is 0.0890. The highest BCUT2D eigenvalue weighted by molar-refractivity contribution is 6.30. The van der Waals surface area contributed by atoms with Gasteiger partial charge in [-0.3, -0.25) is 4.79 Å². The number of oxime groups is 1. The Hall–Kier alpha value is -2.67. The number of halogens is 2. The summed E-state index contributed by atoms with van der Waals surface area (Å²) >= 11 is 5.87. The summed E-state index contributed by atoms with van der Waals surface area (Å²) in [5.41, 5.74) is 1.24. The Morgan fingerprint density at radius 3 is 2.70 bits per heavy atom. The molecule has 0 N–H and O–H groups in total. The molecule has 1 atom stereocenters. The monoisotopic (exact) mass is 388 g/mol. The number of pyridine rings is 1. The zero-order valence-electron chi connectivity index (χ0n) is 14.5. The summed E-state index contributed by atoms with van der Waals surface area (Å²) in [6.45, 7) is 2.53. The van der Waals surface area contributed by atoms with Gasteiger partial charge in [-0.15, -0.1) is 0 Å². The fourth-order valence-electron chi connectivity index (χ4n) is 3.26. The number of piperazine rings is 1. The van der Waals surface area contributed by atoms with Crippen LogP contribution in [-0.4, -0.2) is 53.8 Å². The highest BCUT2D eigenvalue weighted by atomic mass is 35.5. The van der Waals surface area contributed by atoms with Gasteiger partial charge < -0.3 is 14.6 Å². The van der Waals surface area contributed by atoms with Crippen molar-refractivity contribution in [2.24, 2.45) is 5.16 Å². The van der Waals surface area contributed by atoms with E-state index >= 15 is 0 Å². The Labute approximate surface area is 161 Å². The molecule has 8 heteroatoms. The van der Waals surface area contributed by atoms with Crippen molar-refractivity contribution in [3.05, 3.63) is 59.0 Å². The fraction of sp³-hybridized carbons (Fsp3) is 0.316. The molecule has 0 bridgehead atoms. The van der Waals surface area contributed by atoms with E-state index in [-0.39, 0.29) is 11.7 Å². The zero-order chi connectivity index (χ0) is 18.8. The minimum atomic E-state index is -0.650. The van der Waals surface area contributed by atoms with Crippen LogP contribution in [0.15, 0.2) is 47.8 Å². The predicted molar refractivity (Wildman–Crippen MR) is 100 cm³/mol. The van der Waals surface area contributed by atoms with Gasteiger partial charge in [0, 0.05) is 44.4 Å². The van der Waals surface area contributed by atoms with E-state index in [0.29, 0.717) is 48.9 Å². The van der Waals surface area contributed by atoms with E-state index in [1.165, 1.54) is 12.1 Å². The Bertz CT molecular complexity index is 866. The van der Waals surface area contributed by atoms with E-state index in [9.17, 15) is 9.18 Å². The van der Waals surface area contributed by atoms with Gasteiger partial charge >= 0.3 is 0 Å². The number of amides is 1. The highest BCUT2D eigenvalue weighted by Crippen LogP contribution is 2.21. The smallest absolute Gasteiger partial charge is 0.267 e. The quantitative estimate of drug-likeness (QED) is 0.811. The van der Waals surface area contributed by atoms with Crippen LogP contribution < -0.4 is 4.90 Å². The third-order valence-electron chi connectivity index (χ3n) is 4.73. The topological polar surface area (TPSA) is 58.0 Å². The van der Waals surface area contributed by atoms with Crippen LogP contribution in [0.1, 0.15) is 12.0 Å². The molecule has 2 aromatic rings. The van der Waals surface area contributed by atoms with Gasteiger partial charge in [0.1, 0.15) is 11.6 Å². The Morgan fingerprint density at radius 1 is 1.19 bits per heavy atom. The summed E-state index contributed by atoms with van der Waals surface area (Å²) in [6.07, 6.45) is 1.32.